The number of fused-ring (bicyclic) bond motifs is 12. The van der Waals surface area contributed by atoms with Crippen LogP contribution >= 0.6 is 0 Å². The van der Waals surface area contributed by atoms with E-state index in [1.165, 1.54) is 50.7 Å². The van der Waals surface area contributed by atoms with Crippen LogP contribution in [0.3, 0.4) is 0 Å². The van der Waals surface area contributed by atoms with Crippen LogP contribution in [0.2, 0.25) is 0 Å². The van der Waals surface area contributed by atoms with Gasteiger partial charge in [0.1, 0.15) is 18.5 Å². The van der Waals surface area contributed by atoms with Crippen molar-refractivity contribution < 1.29 is 60.8 Å². The van der Waals surface area contributed by atoms with E-state index >= 15 is 0 Å². The zero-order valence-corrected chi connectivity index (χ0v) is 33.3. The molecule has 15 heteroatoms. The smallest absolute Gasteiger partial charge is 0.430 e. The fourth-order valence-electron chi connectivity index (χ4n) is 7.52. The Hall–Kier alpha value is -6.22. The SMILES string of the molecule is O.O=C([O-])C(F)(F)F.O=C([O-])C(F)(F)F.c1ccc(CC2(Cc3ccccc3)CCCC[n+]3ccc(c4ccccc43)NCCCCCNc3cc[n+]2c2ccccc32)cc1. The molecule has 2 aliphatic rings. The predicted octanol–water partition coefficient (Wildman–Crippen LogP) is 6.40. The number of carboxylic acid groups (broad SMARTS) is 2. The van der Waals surface area contributed by atoms with Gasteiger partial charge in [-0.15, -0.1) is 0 Å². The molecule has 0 aliphatic carbocycles. The van der Waals surface area contributed by atoms with Crippen LogP contribution in [0.15, 0.2) is 134 Å². The van der Waals surface area contributed by atoms with Gasteiger partial charge in [0.05, 0.1) is 22.1 Å². The van der Waals surface area contributed by atoms with Crippen molar-refractivity contribution in [3.05, 3.63) is 145 Å². The summed E-state index contributed by atoms with van der Waals surface area (Å²) in [6.45, 7) is 2.97. The summed E-state index contributed by atoms with van der Waals surface area (Å²) < 4.78 is 68.2. The molecule has 324 valence electrons. The highest BCUT2D eigenvalue weighted by Gasteiger charge is 2.41. The van der Waals surface area contributed by atoms with Crippen molar-refractivity contribution >= 4 is 45.1 Å². The van der Waals surface area contributed by atoms with Gasteiger partial charge < -0.3 is 35.9 Å². The van der Waals surface area contributed by atoms with Crippen LogP contribution in [0.4, 0.5) is 37.7 Å². The maximum absolute atomic E-state index is 10.5. The van der Waals surface area contributed by atoms with Crippen LogP contribution in [0.25, 0.3) is 21.8 Å². The molecule has 6 aromatic rings. The Morgan fingerprint density at radius 3 is 1.48 bits per heavy atom. The number of pyridine rings is 2. The number of nitrogens with zero attached hydrogens (tertiary/aromatic N) is 2. The Kier molecular flexibility index (Phi) is 17.0. The monoisotopic (exact) mass is 850 g/mol. The van der Waals surface area contributed by atoms with Crippen LogP contribution in [-0.2, 0) is 34.5 Å². The summed E-state index contributed by atoms with van der Waals surface area (Å²) in [6, 6.07) is 44.7. The van der Waals surface area contributed by atoms with Crippen molar-refractivity contribution in [1.29, 1.82) is 0 Å². The number of aliphatic carboxylic acids is 2. The molecule has 0 fully saturated rings. The van der Waals surface area contributed by atoms with E-state index in [4.69, 9.17) is 19.8 Å². The second-order valence-electron chi connectivity index (χ2n) is 14.5. The summed E-state index contributed by atoms with van der Waals surface area (Å²) in [6.07, 6.45) is 3.03. The number of carboxylic acids is 2. The van der Waals surface area contributed by atoms with Crippen LogP contribution in [-0.4, -0.2) is 42.9 Å². The molecule has 4 bridgehead atoms. The molecule has 2 aromatic heterocycles. The molecule has 4 aromatic carbocycles. The second kappa shape index (κ2) is 21.9. The van der Waals surface area contributed by atoms with Gasteiger partial charge in [-0.2, -0.15) is 35.5 Å². The first-order valence-electron chi connectivity index (χ1n) is 19.6. The predicted molar refractivity (Wildman–Crippen MR) is 217 cm³/mol. The molecular formula is C46H48F6N4O5. The number of hydrogen-bond acceptors (Lipinski definition) is 6. The van der Waals surface area contributed by atoms with Gasteiger partial charge in [0.2, 0.25) is 11.0 Å². The number of carbonyl (C=O) groups excluding carboxylic acids is 2. The number of aryl methyl sites for hydroxylation is 1. The van der Waals surface area contributed by atoms with E-state index < -0.39 is 24.3 Å². The Labute approximate surface area is 349 Å². The van der Waals surface area contributed by atoms with E-state index in [1.807, 2.05) is 0 Å². The average molecular weight is 851 g/mol. The number of hydrogen-bond donors (Lipinski definition) is 2. The lowest BCUT2D eigenvalue weighted by atomic mass is 9.79. The summed E-state index contributed by atoms with van der Waals surface area (Å²) in [5, 5.41) is 27.7. The number of para-hydroxylation sites is 2. The summed E-state index contributed by atoms with van der Waals surface area (Å²) in [4.78, 5) is 17.6. The third-order valence-electron chi connectivity index (χ3n) is 10.3. The van der Waals surface area contributed by atoms with Crippen molar-refractivity contribution in [1.82, 2.24) is 0 Å². The van der Waals surface area contributed by atoms with Crippen LogP contribution in [0, 0.1) is 0 Å². The Morgan fingerprint density at radius 2 is 0.984 bits per heavy atom. The number of nitrogens with one attached hydrogen (secondary N) is 2. The molecule has 2 aliphatic heterocycles. The first-order chi connectivity index (χ1) is 28.7. The van der Waals surface area contributed by atoms with Gasteiger partial charge in [0, 0.05) is 63.0 Å². The van der Waals surface area contributed by atoms with E-state index in [1.54, 1.807) is 0 Å². The topological polar surface area (TPSA) is 144 Å². The minimum absolute atomic E-state index is 0. The Balaban J connectivity index is 0.000000472. The number of benzene rings is 4. The Morgan fingerprint density at radius 1 is 0.557 bits per heavy atom. The molecule has 0 atom stereocenters. The first kappa shape index (κ1) is 47.5. The van der Waals surface area contributed by atoms with Gasteiger partial charge in [-0.25, -0.2) is 0 Å². The first-order valence-corrected chi connectivity index (χ1v) is 19.6. The molecule has 9 nitrogen and oxygen atoms in total. The van der Waals surface area contributed by atoms with Crippen molar-refractivity contribution in [2.24, 2.45) is 0 Å². The fourth-order valence-corrected chi connectivity index (χ4v) is 7.52. The van der Waals surface area contributed by atoms with Crippen molar-refractivity contribution in [2.45, 2.75) is 75.8 Å². The highest BCUT2D eigenvalue weighted by molar-refractivity contribution is 5.89. The third kappa shape index (κ3) is 13.4. The molecule has 4 heterocycles. The van der Waals surface area contributed by atoms with Crippen molar-refractivity contribution in [2.75, 3.05) is 23.7 Å². The lowest BCUT2D eigenvalue weighted by Crippen LogP contribution is -2.59. The van der Waals surface area contributed by atoms with Gasteiger partial charge in [-0.05, 0) is 48.9 Å². The number of rotatable bonds is 4. The molecular weight excluding hydrogens is 803 g/mol. The highest BCUT2D eigenvalue weighted by Crippen LogP contribution is 2.32. The number of anilines is 2. The molecule has 8 rings (SSSR count). The number of halogens is 6. The fraction of sp³-hybridized carbons (Fsp3) is 0.304. The minimum atomic E-state index is -5.19. The summed E-state index contributed by atoms with van der Waals surface area (Å²) >= 11 is 0. The zero-order chi connectivity index (χ0) is 43.2. The molecule has 61 heavy (non-hydrogen) atoms. The van der Waals surface area contributed by atoms with E-state index in [2.05, 4.69) is 153 Å². The second-order valence-corrected chi connectivity index (χ2v) is 14.5. The summed E-state index contributed by atoms with van der Waals surface area (Å²) in [5.41, 5.74) is 7.71. The van der Waals surface area contributed by atoms with Crippen molar-refractivity contribution in [3.63, 3.8) is 0 Å². The highest BCUT2D eigenvalue weighted by atomic mass is 19.4. The van der Waals surface area contributed by atoms with Crippen LogP contribution in [0.1, 0.15) is 49.7 Å². The number of aromatic nitrogens is 2. The van der Waals surface area contributed by atoms with Gasteiger partial charge in [0.25, 0.3) is 0 Å². The number of alkyl halides is 6. The molecule has 0 saturated heterocycles. The maximum Gasteiger partial charge on any atom is 0.430 e. The number of carbonyl (C=O) groups is 2. The molecule has 0 unspecified atom stereocenters. The van der Waals surface area contributed by atoms with Gasteiger partial charge in [-0.3, -0.25) is 0 Å². The third-order valence-corrected chi connectivity index (χ3v) is 10.3. The van der Waals surface area contributed by atoms with Crippen molar-refractivity contribution in [3.8, 4) is 0 Å². The van der Waals surface area contributed by atoms with E-state index in [-0.39, 0.29) is 11.0 Å². The van der Waals surface area contributed by atoms with Crippen LogP contribution in [0.5, 0.6) is 0 Å². The lowest BCUT2D eigenvalue weighted by molar-refractivity contribution is -0.743. The Bertz CT molecular complexity index is 2260. The summed E-state index contributed by atoms with van der Waals surface area (Å²) in [5.74, 6) is -6.01. The summed E-state index contributed by atoms with van der Waals surface area (Å²) in [7, 11) is 0. The maximum atomic E-state index is 10.5. The van der Waals surface area contributed by atoms with E-state index in [0.717, 1.165) is 64.6 Å². The van der Waals surface area contributed by atoms with Crippen LogP contribution < -0.4 is 30.0 Å². The minimum Gasteiger partial charge on any atom is -0.542 e. The van der Waals surface area contributed by atoms with Gasteiger partial charge in [-0.1, -0.05) is 84.9 Å². The molecule has 4 N–H and O–H groups in total. The molecule has 0 radical (unpaired) electrons. The molecule has 0 spiro atoms. The van der Waals surface area contributed by atoms with Gasteiger partial charge in [0.15, 0.2) is 17.9 Å². The molecule has 0 amide bonds. The normalized spacial score (nSPS) is 14.5. The quantitative estimate of drug-likeness (QED) is 0.155. The lowest BCUT2D eigenvalue weighted by Gasteiger charge is -2.31. The largest absolute Gasteiger partial charge is 0.542 e. The zero-order valence-electron chi connectivity index (χ0n) is 33.3. The standard InChI is InChI=1S/C42H44N4.2C2HF3O2.H2O/c1-4-16-34(17-5-1)32-42(33-35-18-6-2-7-19-35)26-12-15-29-45-30-24-38(36-20-8-10-22-40(36)45)43-27-13-3-14-28-44-39-25-31-46(42)41-23-11-9-21-37(39)41;2*3-2(4,5)1(6)7;/h1-2,4-11,16-25,30-31H,3,12-15,26-29,32-33H2;2*(H,6,7);1H2. The molecule has 0 saturated carbocycles. The van der Waals surface area contributed by atoms with E-state index in [9.17, 15) is 26.3 Å². The average Bonchev–Trinajstić information content (AvgIpc) is 3.22. The van der Waals surface area contributed by atoms with Gasteiger partial charge >= 0.3 is 12.4 Å². The van der Waals surface area contributed by atoms with E-state index in [0.29, 0.717) is 0 Å².